The van der Waals surface area contributed by atoms with Gasteiger partial charge < -0.3 is 14.4 Å². The Morgan fingerprint density at radius 3 is 2.72 bits per heavy atom. The maximum atomic E-state index is 14.7. The average Bonchev–Trinajstić information content (AvgIpc) is 3.15. The molecule has 7 nitrogen and oxygen atoms in total. The molecule has 7 unspecified atom stereocenters. The van der Waals surface area contributed by atoms with Gasteiger partial charge in [-0.25, -0.2) is 19.8 Å². The van der Waals surface area contributed by atoms with Gasteiger partial charge in [0.05, 0.1) is 35.6 Å². The number of aromatic nitrogens is 2. The number of halogens is 1. The monoisotopic (exact) mass is 403 g/mol. The summed E-state index contributed by atoms with van der Waals surface area (Å²) < 4.78 is 26.8. The van der Waals surface area contributed by atoms with E-state index in [-0.39, 0.29) is 29.7 Å². The van der Waals surface area contributed by atoms with Crippen LogP contribution in [0.1, 0.15) is 57.2 Å². The first-order valence-electron chi connectivity index (χ1n) is 11.1. The van der Waals surface area contributed by atoms with Crippen molar-refractivity contribution in [3.05, 3.63) is 18.1 Å². The van der Waals surface area contributed by atoms with E-state index < -0.39 is 6.17 Å². The Hall–Kier alpha value is -1.35. The van der Waals surface area contributed by atoms with Crippen molar-refractivity contribution in [3.8, 4) is 0 Å². The Bertz CT molecular complexity index is 765. The van der Waals surface area contributed by atoms with Crippen LogP contribution in [-0.4, -0.2) is 59.2 Å². The van der Waals surface area contributed by atoms with Crippen LogP contribution in [0.4, 0.5) is 10.2 Å². The lowest BCUT2D eigenvalue weighted by molar-refractivity contribution is -0.0886. The molecule has 6 rings (SSSR count). The molecule has 1 aromatic rings. The van der Waals surface area contributed by atoms with Gasteiger partial charge in [0, 0.05) is 31.1 Å². The Morgan fingerprint density at radius 2 is 1.97 bits per heavy atom. The van der Waals surface area contributed by atoms with E-state index in [1.807, 2.05) is 0 Å². The summed E-state index contributed by atoms with van der Waals surface area (Å²) in [5.74, 6) is 1.23. The molecule has 8 heteroatoms. The summed E-state index contributed by atoms with van der Waals surface area (Å²) >= 11 is 0. The van der Waals surface area contributed by atoms with E-state index in [4.69, 9.17) is 9.47 Å². The molecule has 2 bridgehead atoms. The predicted molar refractivity (Wildman–Crippen MR) is 105 cm³/mol. The third kappa shape index (κ3) is 3.44. The quantitative estimate of drug-likeness (QED) is 0.797. The molecular formula is C21H30FN5O2. The van der Waals surface area contributed by atoms with Gasteiger partial charge in [-0.3, -0.25) is 5.43 Å². The Kier molecular flexibility index (Phi) is 4.34. The number of nitrogens with one attached hydrogen (secondary N) is 2. The van der Waals surface area contributed by atoms with Crippen molar-refractivity contribution in [1.29, 1.82) is 0 Å². The zero-order valence-electron chi connectivity index (χ0n) is 16.9. The topological polar surface area (TPSA) is 71.5 Å². The molecule has 0 aromatic carbocycles. The highest BCUT2D eigenvalue weighted by Crippen LogP contribution is 2.45. The van der Waals surface area contributed by atoms with Gasteiger partial charge in [0.25, 0.3) is 0 Å². The summed E-state index contributed by atoms with van der Waals surface area (Å²) in [4.78, 5) is 11.5. The van der Waals surface area contributed by atoms with E-state index >= 15 is 0 Å². The number of hydrogen-bond acceptors (Lipinski definition) is 7. The van der Waals surface area contributed by atoms with E-state index in [0.717, 1.165) is 50.3 Å². The molecule has 3 aliphatic heterocycles. The molecule has 2 aliphatic carbocycles. The van der Waals surface area contributed by atoms with Crippen LogP contribution in [0.5, 0.6) is 0 Å². The SMILES string of the molecule is CC1(OC2CC3C(CC2F)NNC3c2cc(N3CC4CCC(C3)O4)ncn2)CC1. The van der Waals surface area contributed by atoms with Crippen molar-refractivity contribution in [1.82, 2.24) is 20.8 Å². The average molecular weight is 404 g/mol. The smallest absolute Gasteiger partial charge is 0.132 e. The van der Waals surface area contributed by atoms with Crippen LogP contribution in [0.3, 0.4) is 0 Å². The van der Waals surface area contributed by atoms with E-state index in [0.29, 0.717) is 25.0 Å². The molecule has 2 saturated carbocycles. The first kappa shape index (κ1) is 18.4. The molecular weight excluding hydrogens is 373 g/mol. The Labute approximate surface area is 170 Å². The number of rotatable bonds is 4. The van der Waals surface area contributed by atoms with Crippen molar-refractivity contribution in [2.24, 2.45) is 5.92 Å². The van der Waals surface area contributed by atoms with E-state index in [9.17, 15) is 4.39 Å². The minimum Gasteiger partial charge on any atom is -0.371 e. The number of hydrogen-bond donors (Lipinski definition) is 2. The van der Waals surface area contributed by atoms with Gasteiger partial charge >= 0.3 is 0 Å². The summed E-state index contributed by atoms with van der Waals surface area (Å²) in [6.45, 7) is 3.89. The number of fused-ring (bicyclic) bond motifs is 3. The van der Waals surface area contributed by atoms with Crippen molar-refractivity contribution in [2.45, 2.75) is 87.6 Å². The third-order valence-electron chi connectivity index (χ3n) is 7.51. The normalized spacial score (nSPS) is 42.7. The lowest BCUT2D eigenvalue weighted by atomic mass is 9.78. The molecule has 4 heterocycles. The summed E-state index contributed by atoms with van der Waals surface area (Å²) in [6, 6.07) is 2.26. The zero-order valence-corrected chi connectivity index (χ0v) is 16.9. The highest BCUT2D eigenvalue weighted by atomic mass is 19.1. The minimum atomic E-state index is -0.911. The first-order valence-corrected chi connectivity index (χ1v) is 11.1. The fraction of sp³-hybridized carbons (Fsp3) is 0.810. The maximum absolute atomic E-state index is 14.7. The first-order chi connectivity index (χ1) is 14.1. The second-order valence-corrected chi connectivity index (χ2v) is 9.79. The molecule has 0 amide bonds. The number of ether oxygens (including phenoxy) is 2. The van der Waals surface area contributed by atoms with Gasteiger partial charge in [-0.15, -0.1) is 0 Å². The van der Waals surface area contributed by atoms with Crippen LogP contribution in [0.15, 0.2) is 12.4 Å². The van der Waals surface area contributed by atoms with Gasteiger partial charge in [0.1, 0.15) is 18.3 Å². The fourth-order valence-corrected chi connectivity index (χ4v) is 5.57. The van der Waals surface area contributed by atoms with Crippen LogP contribution in [0.2, 0.25) is 0 Å². The van der Waals surface area contributed by atoms with Crippen LogP contribution < -0.4 is 15.8 Å². The Balaban J connectivity index is 1.20. The summed E-state index contributed by atoms with van der Waals surface area (Å²) in [6.07, 6.45) is 6.65. The van der Waals surface area contributed by atoms with E-state index in [1.54, 1.807) is 6.33 Å². The minimum absolute atomic E-state index is 0.0464. The summed E-state index contributed by atoms with van der Waals surface area (Å²) in [5.41, 5.74) is 7.58. The predicted octanol–water partition coefficient (Wildman–Crippen LogP) is 2.05. The lowest BCUT2D eigenvalue weighted by Gasteiger charge is -2.37. The number of nitrogens with zero attached hydrogens (tertiary/aromatic N) is 3. The molecule has 7 atom stereocenters. The van der Waals surface area contributed by atoms with Gasteiger partial charge in [-0.2, -0.15) is 0 Å². The largest absolute Gasteiger partial charge is 0.371 e. The second-order valence-electron chi connectivity index (χ2n) is 9.79. The highest BCUT2D eigenvalue weighted by Gasteiger charge is 2.50. The van der Waals surface area contributed by atoms with E-state index in [1.165, 1.54) is 0 Å². The van der Waals surface area contributed by atoms with Crippen LogP contribution in [0.25, 0.3) is 0 Å². The van der Waals surface area contributed by atoms with Crippen molar-refractivity contribution >= 4 is 5.82 Å². The van der Waals surface area contributed by atoms with Gasteiger partial charge in [0.15, 0.2) is 0 Å². The van der Waals surface area contributed by atoms with Crippen LogP contribution in [0, 0.1) is 5.92 Å². The fourth-order valence-electron chi connectivity index (χ4n) is 5.57. The van der Waals surface area contributed by atoms with Crippen molar-refractivity contribution in [2.75, 3.05) is 18.0 Å². The van der Waals surface area contributed by atoms with Crippen molar-refractivity contribution in [3.63, 3.8) is 0 Å². The number of alkyl halides is 1. The van der Waals surface area contributed by atoms with Crippen LogP contribution in [-0.2, 0) is 9.47 Å². The highest BCUT2D eigenvalue weighted by molar-refractivity contribution is 5.41. The Morgan fingerprint density at radius 1 is 1.17 bits per heavy atom. The van der Waals surface area contributed by atoms with Gasteiger partial charge in [-0.05, 0) is 45.4 Å². The standard InChI is InChI=1S/C21H30FN5O2/c1-21(4-5-21)29-18-6-14-16(7-15(18)22)25-26-20(14)17-8-19(24-11-23-17)27-9-12-2-3-13(10-27)28-12/h8,11-16,18,20,25-26H,2-7,9-10H2,1H3. The molecule has 158 valence electrons. The third-order valence-corrected chi connectivity index (χ3v) is 7.51. The number of morpholine rings is 1. The van der Waals surface area contributed by atoms with Gasteiger partial charge in [0.2, 0.25) is 0 Å². The van der Waals surface area contributed by atoms with Gasteiger partial charge in [-0.1, -0.05) is 0 Å². The van der Waals surface area contributed by atoms with Crippen molar-refractivity contribution < 1.29 is 13.9 Å². The molecule has 5 aliphatic rings. The molecule has 3 saturated heterocycles. The van der Waals surface area contributed by atoms with Crippen LogP contribution >= 0.6 is 0 Å². The number of hydrazine groups is 1. The lowest BCUT2D eigenvalue weighted by Crippen LogP contribution is -2.45. The van der Waals surface area contributed by atoms with E-state index in [2.05, 4.69) is 38.7 Å². The second kappa shape index (κ2) is 6.83. The zero-order chi connectivity index (χ0) is 19.6. The molecule has 0 spiro atoms. The number of anilines is 1. The molecule has 2 N–H and O–H groups in total. The molecule has 0 radical (unpaired) electrons. The molecule has 29 heavy (non-hydrogen) atoms. The molecule has 5 fully saturated rings. The maximum Gasteiger partial charge on any atom is 0.132 e. The summed E-state index contributed by atoms with van der Waals surface area (Å²) in [7, 11) is 0. The summed E-state index contributed by atoms with van der Waals surface area (Å²) in [5, 5.41) is 0. The molecule has 1 aromatic heterocycles.